The second kappa shape index (κ2) is 9.66. The molecule has 1 aliphatic heterocycles. The Hall–Kier alpha value is -1.85. The van der Waals surface area contributed by atoms with Crippen molar-refractivity contribution in [3.63, 3.8) is 0 Å². The van der Waals surface area contributed by atoms with Gasteiger partial charge in [-0.25, -0.2) is 9.36 Å². The molecule has 1 aliphatic rings. The van der Waals surface area contributed by atoms with Crippen molar-refractivity contribution < 1.29 is 28.7 Å². The van der Waals surface area contributed by atoms with Crippen LogP contribution in [0.2, 0.25) is 11.1 Å². The summed E-state index contributed by atoms with van der Waals surface area (Å²) >= 11 is 0. The summed E-state index contributed by atoms with van der Waals surface area (Å²) in [6.07, 6.45) is -0.729. The van der Waals surface area contributed by atoms with Crippen molar-refractivity contribution in [3.05, 3.63) is 62.9 Å². The van der Waals surface area contributed by atoms with Crippen LogP contribution in [-0.2, 0) is 13.8 Å². The van der Waals surface area contributed by atoms with Crippen LogP contribution in [0.4, 0.5) is 0 Å². The normalized spacial score (nSPS) is 23.7. The number of aromatic amines is 1. The van der Waals surface area contributed by atoms with Crippen molar-refractivity contribution in [1.29, 1.82) is 0 Å². The van der Waals surface area contributed by atoms with Gasteiger partial charge in [0.05, 0.1) is 11.8 Å². The minimum atomic E-state index is -4.85. The van der Waals surface area contributed by atoms with Gasteiger partial charge >= 0.3 is 13.5 Å². The second-order valence-corrected chi connectivity index (χ2v) is 16.2. The number of hydrogen-bond acceptors (Lipinski definition) is 6. The largest absolute Gasteiger partial charge is 0.469 e. The molecular weight excluding hydrogens is 479 g/mol. The lowest BCUT2D eigenvalue weighted by Crippen LogP contribution is -2.73. The molecule has 0 bridgehead atoms. The molecule has 0 spiro atoms. The SMILES string of the molecule is Cc1cn([C@H]2C[C@@](O)([Si](c3ccccc3)(C(C)C)C(C)C)[C@@H](COP(=O)(O)O)O2)c(=O)[nH]c1=O. The van der Waals surface area contributed by atoms with E-state index in [4.69, 9.17) is 9.26 Å². The number of H-pyrrole nitrogens is 1. The lowest BCUT2D eigenvalue weighted by Gasteiger charge is -2.51. The van der Waals surface area contributed by atoms with Crippen molar-refractivity contribution in [2.75, 3.05) is 6.61 Å². The summed E-state index contributed by atoms with van der Waals surface area (Å²) in [6.45, 7) is 9.11. The molecular formula is C22H33N2O8PSi. The van der Waals surface area contributed by atoms with E-state index in [-0.39, 0.29) is 17.5 Å². The van der Waals surface area contributed by atoms with Crippen LogP contribution in [0.3, 0.4) is 0 Å². The number of phosphoric acid groups is 1. The molecule has 10 nitrogen and oxygen atoms in total. The number of nitrogens with one attached hydrogen (secondary N) is 1. The molecule has 0 saturated carbocycles. The first-order valence-electron chi connectivity index (χ1n) is 11.2. The van der Waals surface area contributed by atoms with E-state index < -0.39 is 51.3 Å². The average Bonchev–Trinajstić information content (AvgIpc) is 3.06. The Balaban J connectivity index is 2.22. The summed E-state index contributed by atoms with van der Waals surface area (Å²) in [5.41, 5.74) is -0.933. The van der Waals surface area contributed by atoms with Gasteiger partial charge in [0, 0.05) is 18.2 Å². The molecule has 1 aromatic carbocycles. The standard InChI is InChI=1S/C22H33N2O8PSi/c1-14(2)34(15(3)4,17-9-7-6-8-10-17)22(27)11-19(32-18(22)13-31-33(28,29)30)24-12-16(5)20(25)23-21(24)26/h6-10,12,14-15,18-19,27H,11,13H2,1-5H3,(H,23,25,26)(H2,28,29,30)/t18-,19-,22-/m1/s1. The fraction of sp³-hybridized carbons (Fsp3) is 0.545. The van der Waals surface area contributed by atoms with E-state index >= 15 is 0 Å². The van der Waals surface area contributed by atoms with E-state index in [0.29, 0.717) is 5.56 Å². The molecule has 0 unspecified atom stereocenters. The summed E-state index contributed by atoms with van der Waals surface area (Å²) < 4.78 is 23.7. The van der Waals surface area contributed by atoms with Gasteiger partial charge in [0.25, 0.3) is 5.56 Å². The number of aromatic nitrogens is 2. The Labute approximate surface area is 198 Å². The van der Waals surface area contributed by atoms with Gasteiger partial charge in [0.1, 0.15) is 20.4 Å². The fourth-order valence-corrected chi connectivity index (χ4v) is 13.2. The Bertz CT molecular complexity index is 1170. The van der Waals surface area contributed by atoms with Crippen molar-refractivity contribution >= 4 is 21.1 Å². The van der Waals surface area contributed by atoms with Crippen molar-refractivity contribution in [2.24, 2.45) is 0 Å². The number of phosphoric ester groups is 1. The lowest BCUT2D eigenvalue weighted by molar-refractivity contribution is -0.0583. The van der Waals surface area contributed by atoms with Crippen LogP contribution in [0.25, 0.3) is 0 Å². The molecule has 1 aromatic heterocycles. The molecule has 0 amide bonds. The maximum atomic E-state index is 12.6. The summed E-state index contributed by atoms with van der Waals surface area (Å²) in [6, 6.07) is 9.62. The van der Waals surface area contributed by atoms with Gasteiger partial charge in [0.15, 0.2) is 0 Å². The van der Waals surface area contributed by atoms with Gasteiger partial charge in [-0.1, -0.05) is 63.2 Å². The van der Waals surface area contributed by atoms with Crippen LogP contribution in [0.5, 0.6) is 0 Å². The van der Waals surface area contributed by atoms with Gasteiger partial charge in [-0.15, -0.1) is 0 Å². The first kappa shape index (κ1) is 26.7. The van der Waals surface area contributed by atoms with Crippen LogP contribution in [0, 0.1) is 6.92 Å². The molecule has 188 valence electrons. The monoisotopic (exact) mass is 512 g/mol. The summed E-state index contributed by atoms with van der Waals surface area (Å²) in [7, 11) is -7.84. The number of rotatable bonds is 8. The lowest BCUT2D eigenvalue weighted by atomic mass is 10.1. The number of nitrogens with zero attached hydrogens (tertiary/aromatic N) is 1. The van der Waals surface area contributed by atoms with E-state index in [2.05, 4.69) is 4.98 Å². The average molecular weight is 513 g/mol. The Morgan fingerprint density at radius 1 is 1.21 bits per heavy atom. The number of aryl methyl sites for hydroxylation is 1. The van der Waals surface area contributed by atoms with Crippen LogP contribution >= 0.6 is 7.82 Å². The highest BCUT2D eigenvalue weighted by Crippen LogP contribution is 2.51. The molecule has 4 N–H and O–H groups in total. The molecule has 0 aliphatic carbocycles. The molecule has 2 aromatic rings. The molecule has 2 heterocycles. The first-order chi connectivity index (χ1) is 15.7. The highest BCUT2D eigenvalue weighted by Gasteiger charge is 2.65. The smallest absolute Gasteiger partial charge is 0.390 e. The van der Waals surface area contributed by atoms with Gasteiger partial charge in [-0.2, -0.15) is 0 Å². The Kier molecular flexibility index (Phi) is 7.60. The van der Waals surface area contributed by atoms with E-state index in [1.54, 1.807) is 6.92 Å². The molecule has 34 heavy (non-hydrogen) atoms. The van der Waals surface area contributed by atoms with Gasteiger partial charge in [-0.3, -0.25) is 18.9 Å². The van der Waals surface area contributed by atoms with E-state index in [1.807, 2.05) is 58.0 Å². The van der Waals surface area contributed by atoms with E-state index in [0.717, 1.165) is 5.19 Å². The van der Waals surface area contributed by atoms with Crippen LogP contribution in [-0.4, -0.2) is 50.5 Å². The maximum absolute atomic E-state index is 12.6. The number of ether oxygens (including phenoxy) is 1. The Morgan fingerprint density at radius 2 is 1.79 bits per heavy atom. The minimum absolute atomic E-state index is 0.00570. The topological polar surface area (TPSA) is 151 Å². The maximum Gasteiger partial charge on any atom is 0.469 e. The molecule has 3 atom stereocenters. The highest BCUT2D eigenvalue weighted by atomic mass is 31.2. The predicted molar refractivity (Wildman–Crippen MR) is 130 cm³/mol. The minimum Gasteiger partial charge on any atom is -0.390 e. The zero-order valence-electron chi connectivity index (χ0n) is 20.0. The van der Waals surface area contributed by atoms with Crippen molar-refractivity contribution in [1.82, 2.24) is 9.55 Å². The molecule has 1 saturated heterocycles. The zero-order valence-corrected chi connectivity index (χ0v) is 21.9. The second-order valence-electron chi connectivity index (χ2n) is 9.52. The van der Waals surface area contributed by atoms with Crippen LogP contribution in [0.15, 0.2) is 46.1 Å². The summed E-state index contributed by atoms with van der Waals surface area (Å²) in [5.74, 6) is 0. The van der Waals surface area contributed by atoms with Crippen molar-refractivity contribution in [3.8, 4) is 0 Å². The van der Waals surface area contributed by atoms with Crippen molar-refractivity contribution in [2.45, 2.75) is 69.7 Å². The Morgan fingerprint density at radius 3 is 2.32 bits per heavy atom. The van der Waals surface area contributed by atoms with Crippen LogP contribution < -0.4 is 16.4 Å². The summed E-state index contributed by atoms with van der Waals surface area (Å²) in [4.78, 5) is 45.4. The van der Waals surface area contributed by atoms with Crippen LogP contribution in [0.1, 0.15) is 45.9 Å². The predicted octanol–water partition coefficient (Wildman–Crippen LogP) is 1.69. The third-order valence-electron chi connectivity index (χ3n) is 6.98. The molecule has 0 radical (unpaired) electrons. The van der Waals surface area contributed by atoms with E-state index in [1.165, 1.54) is 10.8 Å². The number of hydrogen-bond donors (Lipinski definition) is 4. The van der Waals surface area contributed by atoms with Gasteiger partial charge in [-0.05, 0) is 18.0 Å². The first-order valence-corrected chi connectivity index (χ1v) is 14.9. The third kappa shape index (κ3) is 4.66. The van der Waals surface area contributed by atoms with Gasteiger partial charge in [0.2, 0.25) is 0 Å². The molecule has 12 heteroatoms. The van der Waals surface area contributed by atoms with E-state index in [9.17, 15) is 29.0 Å². The van der Waals surface area contributed by atoms with Gasteiger partial charge < -0.3 is 19.6 Å². The third-order valence-corrected chi connectivity index (χ3v) is 14.4. The summed E-state index contributed by atoms with van der Waals surface area (Å²) in [5, 5.41) is 11.9. The molecule has 1 fully saturated rings. The zero-order chi connectivity index (χ0) is 25.5. The quantitative estimate of drug-likeness (QED) is 0.308. The highest BCUT2D eigenvalue weighted by molar-refractivity contribution is 7.46. The number of benzene rings is 1. The fourth-order valence-electron chi connectivity index (χ4n) is 5.79. The molecule has 3 rings (SSSR count). The number of aliphatic hydroxyl groups is 1.